The van der Waals surface area contributed by atoms with Crippen LogP contribution < -0.4 is 5.32 Å². The summed E-state index contributed by atoms with van der Waals surface area (Å²) in [7, 11) is 1.61. The van der Waals surface area contributed by atoms with Crippen LogP contribution in [0.15, 0.2) is 12.3 Å². The summed E-state index contributed by atoms with van der Waals surface area (Å²) in [6.45, 7) is 4.31. The molecule has 0 saturated carbocycles. The summed E-state index contributed by atoms with van der Waals surface area (Å²) in [6.07, 6.45) is 2.53. The molecule has 19 heavy (non-hydrogen) atoms. The maximum atomic E-state index is 12.1. The van der Waals surface area contributed by atoms with Gasteiger partial charge in [0, 0.05) is 19.0 Å². The quantitative estimate of drug-likeness (QED) is 0.853. The summed E-state index contributed by atoms with van der Waals surface area (Å²) >= 11 is 0. The number of hydrogen-bond acceptors (Lipinski definition) is 5. The normalized spacial score (nSPS) is 12.6. The summed E-state index contributed by atoms with van der Waals surface area (Å²) in [5.74, 6) is 0.379. The second-order valence-corrected chi connectivity index (χ2v) is 4.30. The first-order valence-electron chi connectivity index (χ1n) is 6.14. The van der Waals surface area contributed by atoms with Gasteiger partial charge in [0.1, 0.15) is 0 Å². The molecule has 102 valence electrons. The number of rotatable bonds is 5. The van der Waals surface area contributed by atoms with Crippen LogP contribution in [0, 0.1) is 6.92 Å². The Bertz CT molecular complexity index is 581. The molecular formula is C12H17N5O2. The summed E-state index contributed by atoms with van der Waals surface area (Å²) in [4.78, 5) is 16.3. The lowest BCUT2D eigenvalue weighted by molar-refractivity contribution is 0.0883. The van der Waals surface area contributed by atoms with Gasteiger partial charge in [-0.3, -0.25) is 9.20 Å². The van der Waals surface area contributed by atoms with Gasteiger partial charge in [0.05, 0.1) is 12.6 Å². The summed E-state index contributed by atoms with van der Waals surface area (Å²) in [5.41, 5.74) is 0.831. The van der Waals surface area contributed by atoms with Gasteiger partial charge in [-0.05, 0) is 19.4 Å². The highest BCUT2D eigenvalue weighted by molar-refractivity contribution is 5.91. The third-order valence-electron chi connectivity index (χ3n) is 2.82. The molecule has 0 aliphatic rings. The first kappa shape index (κ1) is 13.4. The Morgan fingerprint density at radius 2 is 2.32 bits per heavy atom. The van der Waals surface area contributed by atoms with Gasteiger partial charge in [-0.1, -0.05) is 6.92 Å². The van der Waals surface area contributed by atoms with E-state index in [9.17, 15) is 4.79 Å². The molecule has 2 heterocycles. The van der Waals surface area contributed by atoms with Crippen LogP contribution in [0.5, 0.6) is 0 Å². The highest BCUT2D eigenvalue weighted by atomic mass is 16.5. The number of nitrogens with one attached hydrogen (secondary N) is 1. The number of amides is 1. The van der Waals surface area contributed by atoms with Gasteiger partial charge in [-0.15, -0.1) is 10.2 Å². The Morgan fingerprint density at radius 1 is 1.53 bits per heavy atom. The molecule has 2 aromatic rings. The zero-order valence-electron chi connectivity index (χ0n) is 11.3. The van der Waals surface area contributed by atoms with Crippen molar-refractivity contribution < 1.29 is 9.53 Å². The number of ether oxygens (including phenoxy) is 1. The predicted molar refractivity (Wildman–Crippen MR) is 68.9 cm³/mol. The fourth-order valence-corrected chi connectivity index (χ4v) is 1.74. The molecule has 0 fully saturated rings. The number of methoxy groups -OCH3 is 1. The number of carbonyl (C=O) groups is 1. The van der Waals surface area contributed by atoms with Crippen LogP contribution in [-0.2, 0) is 4.74 Å². The fraction of sp³-hybridized carbons (Fsp3) is 0.500. The van der Waals surface area contributed by atoms with Crippen molar-refractivity contribution in [2.45, 2.75) is 26.3 Å². The van der Waals surface area contributed by atoms with Gasteiger partial charge in [0.25, 0.3) is 11.7 Å². The van der Waals surface area contributed by atoms with Gasteiger partial charge in [-0.25, -0.2) is 4.98 Å². The SMILES string of the molecule is CCC(COC)NC(=O)c1nnc2nc(C)ccn12. The zero-order valence-corrected chi connectivity index (χ0v) is 11.3. The van der Waals surface area contributed by atoms with Crippen molar-refractivity contribution in [2.75, 3.05) is 13.7 Å². The van der Waals surface area contributed by atoms with Crippen molar-refractivity contribution >= 4 is 11.7 Å². The smallest absolute Gasteiger partial charge is 0.289 e. The molecule has 0 radical (unpaired) electrons. The second-order valence-electron chi connectivity index (χ2n) is 4.30. The van der Waals surface area contributed by atoms with Crippen LogP contribution >= 0.6 is 0 Å². The number of fused-ring (bicyclic) bond motifs is 1. The average molecular weight is 263 g/mol. The van der Waals surface area contributed by atoms with Crippen molar-refractivity contribution in [2.24, 2.45) is 0 Å². The van der Waals surface area contributed by atoms with Crippen LogP contribution in [-0.4, -0.2) is 45.2 Å². The van der Waals surface area contributed by atoms with E-state index in [1.54, 1.807) is 23.8 Å². The largest absolute Gasteiger partial charge is 0.383 e. The zero-order chi connectivity index (χ0) is 13.8. The number of carbonyl (C=O) groups excluding carboxylic acids is 1. The lowest BCUT2D eigenvalue weighted by Crippen LogP contribution is -2.38. The van der Waals surface area contributed by atoms with E-state index in [1.807, 2.05) is 13.8 Å². The van der Waals surface area contributed by atoms with Gasteiger partial charge in [-0.2, -0.15) is 0 Å². The highest BCUT2D eigenvalue weighted by Crippen LogP contribution is 2.03. The Labute approximate surface area is 111 Å². The van der Waals surface area contributed by atoms with E-state index in [4.69, 9.17) is 4.74 Å². The molecule has 1 N–H and O–H groups in total. The fourth-order valence-electron chi connectivity index (χ4n) is 1.74. The third-order valence-corrected chi connectivity index (χ3v) is 2.82. The van der Waals surface area contributed by atoms with E-state index >= 15 is 0 Å². The van der Waals surface area contributed by atoms with E-state index in [1.165, 1.54) is 0 Å². The first-order chi connectivity index (χ1) is 9.15. The molecule has 2 aromatic heterocycles. The molecule has 0 aliphatic heterocycles. The maximum Gasteiger partial charge on any atom is 0.289 e. The van der Waals surface area contributed by atoms with Gasteiger partial charge < -0.3 is 10.1 Å². The van der Waals surface area contributed by atoms with E-state index in [-0.39, 0.29) is 17.8 Å². The van der Waals surface area contributed by atoms with Crippen molar-refractivity contribution in [1.29, 1.82) is 0 Å². The molecule has 0 aromatic carbocycles. The molecule has 1 unspecified atom stereocenters. The summed E-state index contributed by atoms with van der Waals surface area (Å²) < 4.78 is 6.62. The molecule has 0 saturated heterocycles. The number of aryl methyl sites for hydroxylation is 1. The molecule has 7 heteroatoms. The first-order valence-corrected chi connectivity index (χ1v) is 6.14. The van der Waals surface area contributed by atoms with Gasteiger partial charge in [0.15, 0.2) is 0 Å². The van der Waals surface area contributed by atoms with Crippen LogP contribution in [0.2, 0.25) is 0 Å². The third kappa shape index (κ3) is 2.87. The van der Waals surface area contributed by atoms with Crippen molar-refractivity contribution in [3.05, 3.63) is 23.8 Å². The molecule has 1 atom stereocenters. The summed E-state index contributed by atoms with van der Waals surface area (Å²) in [5, 5.41) is 10.6. The lowest BCUT2D eigenvalue weighted by atomic mass is 10.2. The Kier molecular flexibility index (Phi) is 4.06. The van der Waals surface area contributed by atoms with Crippen LogP contribution in [0.25, 0.3) is 5.78 Å². The number of nitrogens with zero attached hydrogens (tertiary/aromatic N) is 4. The minimum absolute atomic E-state index is 0.0387. The van der Waals surface area contributed by atoms with E-state index in [0.29, 0.717) is 12.4 Å². The van der Waals surface area contributed by atoms with Crippen LogP contribution in [0.4, 0.5) is 0 Å². The topological polar surface area (TPSA) is 81.4 Å². The average Bonchev–Trinajstić information content (AvgIpc) is 2.80. The Hall–Kier alpha value is -2.02. The molecule has 0 spiro atoms. The van der Waals surface area contributed by atoms with E-state index in [2.05, 4.69) is 20.5 Å². The van der Waals surface area contributed by atoms with Crippen molar-refractivity contribution in [3.8, 4) is 0 Å². The molecule has 7 nitrogen and oxygen atoms in total. The van der Waals surface area contributed by atoms with E-state index in [0.717, 1.165) is 12.1 Å². The minimum Gasteiger partial charge on any atom is -0.383 e. The molecule has 2 rings (SSSR count). The maximum absolute atomic E-state index is 12.1. The molecule has 0 bridgehead atoms. The molecular weight excluding hydrogens is 246 g/mol. The van der Waals surface area contributed by atoms with E-state index < -0.39 is 0 Å². The van der Waals surface area contributed by atoms with Gasteiger partial charge >= 0.3 is 0 Å². The minimum atomic E-state index is -0.276. The monoisotopic (exact) mass is 263 g/mol. The lowest BCUT2D eigenvalue weighted by Gasteiger charge is -2.14. The standard InChI is InChI=1S/C12H17N5O2/c1-4-9(7-19-3)14-11(18)10-15-16-12-13-8(2)5-6-17(10)12/h5-6,9H,4,7H2,1-3H3,(H,14,18). The van der Waals surface area contributed by atoms with Crippen molar-refractivity contribution in [1.82, 2.24) is 24.9 Å². The number of aromatic nitrogens is 4. The summed E-state index contributed by atoms with van der Waals surface area (Å²) in [6, 6.07) is 1.77. The molecule has 1 amide bonds. The van der Waals surface area contributed by atoms with Crippen LogP contribution in [0.1, 0.15) is 29.7 Å². The molecule has 0 aliphatic carbocycles. The highest BCUT2D eigenvalue weighted by Gasteiger charge is 2.18. The predicted octanol–water partition coefficient (Wildman–Crippen LogP) is 0.588. The Morgan fingerprint density at radius 3 is 3.00 bits per heavy atom. The van der Waals surface area contributed by atoms with Gasteiger partial charge in [0.2, 0.25) is 5.82 Å². The number of hydrogen-bond donors (Lipinski definition) is 1. The van der Waals surface area contributed by atoms with Crippen LogP contribution in [0.3, 0.4) is 0 Å². The van der Waals surface area contributed by atoms with Crippen molar-refractivity contribution in [3.63, 3.8) is 0 Å². The second kappa shape index (κ2) is 5.75. The Balaban J connectivity index is 2.21.